The Morgan fingerprint density at radius 3 is 2.84 bits per heavy atom. The predicted octanol–water partition coefficient (Wildman–Crippen LogP) is 2.93. The van der Waals surface area contributed by atoms with Gasteiger partial charge >= 0.3 is 0 Å². The second-order valence-corrected chi connectivity index (χ2v) is 7.14. The summed E-state index contributed by atoms with van der Waals surface area (Å²) in [5.74, 6) is 1.56. The van der Waals surface area contributed by atoms with Crippen molar-refractivity contribution in [3.05, 3.63) is 71.3 Å². The Bertz CT molecular complexity index is 1370. The maximum Gasteiger partial charge on any atom is 0.277 e. The molecule has 0 radical (unpaired) electrons. The molecule has 4 aromatic rings. The first-order valence-corrected chi connectivity index (χ1v) is 10.1. The molecule has 0 fully saturated rings. The zero-order valence-electron chi connectivity index (χ0n) is 17.3. The van der Waals surface area contributed by atoms with Crippen molar-refractivity contribution in [2.45, 2.75) is 13.5 Å². The first-order chi connectivity index (χ1) is 15.6. The average Bonchev–Trinajstić information content (AvgIpc) is 3.44. The number of ether oxygens (including phenoxy) is 3. The standard InChI is InChI=1S/C23H20N4O5/c1-2-30-19-6-4-3-5-16(19)24-22(28)13-26-9-10-27-18(23(26)29)12-17(25-27)15-7-8-20-21(11-15)32-14-31-20/h3-12H,2,13-14H2,1H3,(H,24,28). The van der Waals surface area contributed by atoms with Crippen LogP contribution < -0.4 is 25.1 Å². The zero-order valence-corrected chi connectivity index (χ0v) is 17.3. The van der Waals surface area contributed by atoms with Gasteiger partial charge in [-0.05, 0) is 43.3 Å². The second-order valence-electron chi connectivity index (χ2n) is 7.14. The number of carbonyl (C=O) groups excluding carboxylic acids is 1. The van der Waals surface area contributed by atoms with Gasteiger partial charge in [-0.15, -0.1) is 0 Å². The van der Waals surface area contributed by atoms with Gasteiger partial charge in [0.2, 0.25) is 12.7 Å². The molecule has 0 spiro atoms. The molecule has 0 unspecified atom stereocenters. The number of anilines is 1. The van der Waals surface area contributed by atoms with Crippen molar-refractivity contribution in [1.82, 2.24) is 14.2 Å². The summed E-state index contributed by atoms with van der Waals surface area (Å²) >= 11 is 0. The summed E-state index contributed by atoms with van der Waals surface area (Å²) in [7, 11) is 0. The van der Waals surface area contributed by atoms with Crippen molar-refractivity contribution in [3.8, 4) is 28.5 Å². The number of fused-ring (bicyclic) bond motifs is 2. The first-order valence-electron chi connectivity index (χ1n) is 10.1. The van der Waals surface area contributed by atoms with Crippen molar-refractivity contribution in [2.75, 3.05) is 18.7 Å². The van der Waals surface area contributed by atoms with Crippen LogP contribution in [0.25, 0.3) is 16.8 Å². The van der Waals surface area contributed by atoms with Gasteiger partial charge in [0, 0.05) is 18.0 Å². The number of benzene rings is 2. The molecule has 1 aliphatic rings. The van der Waals surface area contributed by atoms with Crippen molar-refractivity contribution in [1.29, 1.82) is 0 Å². The molecule has 162 valence electrons. The van der Waals surface area contributed by atoms with Gasteiger partial charge in [-0.3, -0.25) is 9.59 Å². The predicted molar refractivity (Wildman–Crippen MR) is 117 cm³/mol. The molecule has 1 amide bonds. The largest absolute Gasteiger partial charge is 0.492 e. The Morgan fingerprint density at radius 1 is 1.12 bits per heavy atom. The highest BCUT2D eigenvalue weighted by molar-refractivity contribution is 5.92. The van der Waals surface area contributed by atoms with E-state index in [0.29, 0.717) is 40.8 Å². The third-order valence-corrected chi connectivity index (χ3v) is 5.05. The second kappa shape index (κ2) is 8.10. The lowest BCUT2D eigenvalue weighted by molar-refractivity contribution is -0.116. The number of hydrogen-bond donors (Lipinski definition) is 1. The fourth-order valence-electron chi connectivity index (χ4n) is 3.54. The van der Waals surface area contributed by atoms with Crippen LogP contribution in [0, 0.1) is 0 Å². The third-order valence-electron chi connectivity index (χ3n) is 5.05. The number of rotatable bonds is 6. The minimum absolute atomic E-state index is 0.139. The van der Waals surface area contributed by atoms with Crippen LogP contribution in [0.3, 0.4) is 0 Å². The fraction of sp³-hybridized carbons (Fsp3) is 0.174. The highest BCUT2D eigenvalue weighted by Crippen LogP contribution is 2.35. The monoisotopic (exact) mass is 432 g/mol. The van der Waals surface area contributed by atoms with E-state index < -0.39 is 0 Å². The lowest BCUT2D eigenvalue weighted by Crippen LogP contribution is -2.28. The molecular formula is C23H20N4O5. The third kappa shape index (κ3) is 3.64. The zero-order chi connectivity index (χ0) is 22.1. The Kier molecular flexibility index (Phi) is 4.98. The van der Waals surface area contributed by atoms with E-state index in [0.717, 1.165) is 5.56 Å². The van der Waals surface area contributed by atoms with Gasteiger partial charge in [-0.2, -0.15) is 5.10 Å². The molecule has 0 saturated carbocycles. The van der Waals surface area contributed by atoms with E-state index in [-0.39, 0.29) is 24.8 Å². The minimum atomic E-state index is -0.334. The van der Waals surface area contributed by atoms with Gasteiger partial charge in [-0.25, -0.2) is 4.52 Å². The topological polar surface area (TPSA) is 96.1 Å². The molecule has 5 rings (SSSR count). The summed E-state index contributed by atoms with van der Waals surface area (Å²) in [5, 5.41) is 7.28. The normalized spacial score (nSPS) is 12.2. The average molecular weight is 432 g/mol. The number of amides is 1. The van der Waals surface area contributed by atoms with Crippen molar-refractivity contribution in [2.24, 2.45) is 0 Å². The van der Waals surface area contributed by atoms with E-state index in [4.69, 9.17) is 14.2 Å². The molecule has 2 aromatic heterocycles. The SMILES string of the molecule is CCOc1ccccc1NC(=O)Cn1ccn2nc(-c3ccc4c(c3)OCO4)cc2c1=O. The summed E-state index contributed by atoms with van der Waals surface area (Å²) in [6, 6.07) is 14.4. The van der Waals surface area contributed by atoms with Crippen LogP contribution >= 0.6 is 0 Å². The van der Waals surface area contributed by atoms with E-state index in [9.17, 15) is 9.59 Å². The molecule has 32 heavy (non-hydrogen) atoms. The van der Waals surface area contributed by atoms with Gasteiger partial charge in [0.05, 0.1) is 18.0 Å². The Morgan fingerprint density at radius 2 is 1.97 bits per heavy atom. The number of para-hydroxylation sites is 2. The smallest absolute Gasteiger partial charge is 0.277 e. The van der Waals surface area contributed by atoms with Crippen LogP contribution in [0.2, 0.25) is 0 Å². The minimum Gasteiger partial charge on any atom is -0.492 e. The number of hydrogen-bond acceptors (Lipinski definition) is 6. The Balaban J connectivity index is 1.39. The maximum absolute atomic E-state index is 13.0. The lowest BCUT2D eigenvalue weighted by Gasteiger charge is -2.12. The lowest BCUT2D eigenvalue weighted by atomic mass is 10.1. The van der Waals surface area contributed by atoms with Crippen LogP contribution in [-0.2, 0) is 11.3 Å². The fourth-order valence-corrected chi connectivity index (χ4v) is 3.54. The molecule has 1 N–H and O–H groups in total. The molecule has 2 aromatic carbocycles. The van der Waals surface area contributed by atoms with Crippen molar-refractivity contribution >= 4 is 17.1 Å². The molecule has 0 atom stereocenters. The van der Waals surface area contributed by atoms with Gasteiger partial charge in [0.1, 0.15) is 17.8 Å². The van der Waals surface area contributed by atoms with Crippen LogP contribution in [0.15, 0.2) is 65.7 Å². The number of aromatic nitrogens is 3. The molecule has 1 aliphatic heterocycles. The molecule has 0 aliphatic carbocycles. The molecule has 9 nitrogen and oxygen atoms in total. The van der Waals surface area contributed by atoms with Crippen LogP contribution in [-0.4, -0.2) is 33.5 Å². The van der Waals surface area contributed by atoms with Gasteiger partial charge in [-0.1, -0.05) is 12.1 Å². The van der Waals surface area contributed by atoms with E-state index in [2.05, 4.69) is 10.4 Å². The molecule has 0 bridgehead atoms. The van der Waals surface area contributed by atoms with E-state index >= 15 is 0 Å². The van der Waals surface area contributed by atoms with Gasteiger partial charge in [0.25, 0.3) is 5.56 Å². The summed E-state index contributed by atoms with van der Waals surface area (Å²) in [5.41, 5.74) is 2.02. The molecular weight excluding hydrogens is 412 g/mol. The first kappa shape index (κ1) is 19.7. The number of carbonyl (C=O) groups is 1. The molecule has 9 heteroatoms. The number of nitrogens with one attached hydrogen (secondary N) is 1. The Hall–Kier alpha value is -4.27. The summed E-state index contributed by atoms with van der Waals surface area (Å²) in [4.78, 5) is 25.6. The summed E-state index contributed by atoms with van der Waals surface area (Å²) < 4.78 is 19.1. The Labute approximate surface area is 182 Å². The highest BCUT2D eigenvalue weighted by Gasteiger charge is 2.17. The maximum atomic E-state index is 13.0. The summed E-state index contributed by atoms with van der Waals surface area (Å²) in [6.07, 6.45) is 3.19. The summed E-state index contributed by atoms with van der Waals surface area (Å²) in [6.45, 7) is 2.40. The van der Waals surface area contributed by atoms with Crippen molar-refractivity contribution < 1.29 is 19.0 Å². The van der Waals surface area contributed by atoms with E-state index in [1.54, 1.807) is 36.7 Å². The molecule has 0 saturated heterocycles. The van der Waals surface area contributed by atoms with Crippen molar-refractivity contribution in [3.63, 3.8) is 0 Å². The van der Waals surface area contributed by atoms with Gasteiger partial charge < -0.3 is 24.1 Å². The van der Waals surface area contributed by atoms with Gasteiger partial charge in [0.15, 0.2) is 11.5 Å². The van der Waals surface area contributed by atoms with E-state index in [1.165, 1.54) is 9.08 Å². The highest BCUT2D eigenvalue weighted by atomic mass is 16.7. The van der Waals surface area contributed by atoms with E-state index in [1.807, 2.05) is 31.2 Å². The molecule has 3 heterocycles. The van der Waals surface area contributed by atoms with Crippen LogP contribution in [0.5, 0.6) is 17.2 Å². The number of nitrogens with zero attached hydrogens (tertiary/aromatic N) is 3. The quantitative estimate of drug-likeness (QED) is 0.503. The van der Waals surface area contributed by atoms with Crippen LogP contribution in [0.4, 0.5) is 5.69 Å². The van der Waals surface area contributed by atoms with Crippen LogP contribution in [0.1, 0.15) is 6.92 Å².